The Balaban J connectivity index is 1.15. The molecule has 1 aromatic rings. The number of likely N-dealkylation sites (tertiary alicyclic amines) is 1. The molecule has 0 radical (unpaired) electrons. The third kappa shape index (κ3) is 6.53. The van der Waals surface area contributed by atoms with E-state index < -0.39 is 0 Å². The summed E-state index contributed by atoms with van der Waals surface area (Å²) >= 11 is 0. The van der Waals surface area contributed by atoms with Gasteiger partial charge in [-0.25, -0.2) is 4.98 Å². The number of hydrogen-bond donors (Lipinski definition) is 1. The predicted molar refractivity (Wildman–Crippen MR) is 117 cm³/mol. The van der Waals surface area contributed by atoms with Crippen LogP contribution in [-0.4, -0.2) is 83.1 Å². The van der Waals surface area contributed by atoms with Crippen LogP contribution in [0.4, 0.5) is 0 Å². The Morgan fingerprint density at radius 2 is 1.97 bits per heavy atom. The minimum Gasteiger partial charge on any atom is -0.365 e. The summed E-state index contributed by atoms with van der Waals surface area (Å²) in [6, 6.07) is 0. The molecule has 3 aliphatic rings. The molecule has 8 heteroatoms. The van der Waals surface area contributed by atoms with Crippen molar-refractivity contribution in [3.05, 3.63) is 18.2 Å². The highest BCUT2D eigenvalue weighted by molar-refractivity contribution is 5.78. The normalized spacial score (nSPS) is 23.3. The van der Waals surface area contributed by atoms with Crippen LogP contribution in [0.25, 0.3) is 0 Å². The van der Waals surface area contributed by atoms with Gasteiger partial charge in [0.15, 0.2) is 0 Å². The number of piperidine rings is 1. The number of amides is 2. The van der Waals surface area contributed by atoms with Crippen LogP contribution in [-0.2, 0) is 27.3 Å². The molecule has 0 bridgehead atoms. The van der Waals surface area contributed by atoms with Crippen molar-refractivity contribution in [1.82, 2.24) is 24.7 Å². The fourth-order valence-electron chi connectivity index (χ4n) is 4.71. The Labute approximate surface area is 185 Å². The van der Waals surface area contributed by atoms with Gasteiger partial charge in [0, 0.05) is 58.0 Å². The summed E-state index contributed by atoms with van der Waals surface area (Å²) in [4.78, 5) is 33.5. The van der Waals surface area contributed by atoms with Gasteiger partial charge in [-0.2, -0.15) is 0 Å². The lowest BCUT2D eigenvalue weighted by atomic mass is 9.95. The van der Waals surface area contributed by atoms with Gasteiger partial charge in [-0.05, 0) is 50.6 Å². The number of imidazole rings is 1. The van der Waals surface area contributed by atoms with Gasteiger partial charge in [0.05, 0.1) is 6.10 Å². The second kappa shape index (κ2) is 10.6. The van der Waals surface area contributed by atoms with E-state index in [2.05, 4.69) is 22.1 Å². The molecule has 172 valence electrons. The van der Waals surface area contributed by atoms with Gasteiger partial charge in [-0.15, -0.1) is 0 Å². The standard InChI is InChI=1S/C23H37N5O3/c1-2-21-24-8-12-27(21)11-7-22(29)25-13-20-16-28(23(30)17-31-20)15-19-5-9-26(10-6-19)14-18-3-4-18/h8,12,18-20H,2-7,9-11,13-17H2,1H3,(H,25,29). The van der Waals surface area contributed by atoms with Gasteiger partial charge in [0.2, 0.25) is 11.8 Å². The Morgan fingerprint density at radius 3 is 2.71 bits per heavy atom. The molecule has 1 N–H and O–H groups in total. The third-order valence-electron chi connectivity index (χ3n) is 6.84. The maximum atomic E-state index is 12.4. The van der Waals surface area contributed by atoms with E-state index in [9.17, 15) is 9.59 Å². The molecule has 3 heterocycles. The fourth-order valence-corrected chi connectivity index (χ4v) is 4.71. The molecule has 2 saturated heterocycles. The Bertz CT molecular complexity index is 739. The highest BCUT2D eigenvalue weighted by atomic mass is 16.5. The highest BCUT2D eigenvalue weighted by Gasteiger charge is 2.31. The zero-order valence-electron chi connectivity index (χ0n) is 18.8. The first-order chi connectivity index (χ1) is 15.1. The van der Waals surface area contributed by atoms with Crippen LogP contribution in [0, 0.1) is 11.8 Å². The zero-order valence-corrected chi connectivity index (χ0v) is 18.8. The molecule has 2 amide bonds. The van der Waals surface area contributed by atoms with Crippen LogP contribution in [0.15, 0.2) is 12.4 Å². The van der Waals surface area contributed by atoms with E-state index in [4.69, 9.17) is 4.74 Å². The first kappa shape index (κ1) is 22.3. The maximum absolute atomic E-state index is 12.4. The fraction of sp³-hybridized carbons (Fsp3) is 0.783. The minimum absolute atomic E-state index is 0.00541. The van der Waals surface area contributed by atoms with E-state index in [1.807, 2.05) is 15.7 Å². The SMILES string of the molecule is CCc1nccn1CCC(=O)NCC1CN(CC2CCN(CC3CC3)CC2)C(=O)CO1. The van der Waals surface area contributed by atoms with Crippen molar-refractivity contribution in [1.29, 1.82) is 0 Å². The number of aryl methyl sites for hydroxylation is 2. The second-order valence-electron chi connectivity index (χ2n) is 9.36. The van der Waals surface area contributed by atoms with Crippen LogP contribution in [0.3, 0.4) is 0 Å². The van der Waals surface area contributed by atoms with Gasteiger partial charge < -0.3 is 24.4 Å². The molecule has 0 aromatic carbocycles. The van der Waals surface area contributed by atoms with Gasteiger partial charge >= 0.3 is 0 Å². The summed E-state index contributed by atoms with van der Waals surface area (Å²) in [5, 5.41) is 2.98. The van der Waals surface area contributed by atoms with Crippen molar-refractivity contribution in [3.63, 3.8) is 0 Å². The maximum Gasteiger partial charge on any atom is 0.248 e. The number of nitrogens with one attached hydrogen (secondary N) is 1. The number of ether oxygens (including phenoxy) is 1. The summed E-state index contributed by atoms with van der Waals surface area (Å²) in [5.41, 5.74) is 0. The summed E-state index contributed by atoms with van der Waals surface area (Å²) in [6.45, 7) is 8.25. The monoisotopic (exact) mass is 431 g/mol. The van der Waals surface area contributed by atoms with E-state index in [-0.39, 0.29) is 24.5 Å². The second-order valence-corrected chi connectivity index (χ2v) is 9.36. The van der Waals surface area contributed by atoms with E-state index in [0.29, 0.717) is 32.0 Å². The number of carbonyl (C=O) groups excluding carboxylic acids is 2. The highest BCUT2D eigenvalue weighted by Crippen LogP contribution is 2.31. The largest absolute Gasteiger partial charge is 0.365 e. The van der Waals surface area contributed by atoms with Crippen LogP contribution < -0.4 is 5.32 Å². The van der Waals surface area contributed by atoms with Gasteiger partial charge in [0.25, 0.3) is 0 Å². The van der Waals surface area contributed by atoms with Crippen LogP contribution in [0.2, 0.25) is 0 Å². The van der Waals surface area contributed by atoms with E-state index in [1.165, 1.54) is 32.2 Å². The quantitative estimate of drug-likeness (QED) is 0.604. The minimum atomic E-state index is -0.129. The van der Waals surface area contributed by atoms with E-state index in [1.54, 1.807) is 6.20 Å². The van der Waals surface area contributed by atoms with Crippen molar-refractivity contribution in [3.8, 4) is 0 Å². The molecule has 31 heavy (non-hydrogen) atoms. The summed E-state index contributed by atoms with van der Waals surface area (Å²) in [7, 11) is 0. The van der Waals surface area contributed by atoms with Crippen LogP contribution in [0.1, 0.15) is 44.9 Å². The number of aromatic nitrogens is 2. The van der Waals surface area contributed by atoms with Crippen molar-refractivity contribution in [2.45, 2.75) is 58.1 Å². The third-order valence-corrected chi connectivity index (χ3v) is 6.84. The molecule has 8 nitrogen and oxygen atoms in total. The van der Waals surface area contributed by atoms with E-state index in [0.717, 1.165) is 37.8 Å². The number of carbonyl (C=O) groups is 2. The molecular formula is C23H37N5O3. The van der Waals surface area contributed by atoms with Gasteiger partial charge in [-0.3, -0.25) is 9.59 Å². The lowest BCUT2D eigenvalue weighted by molar-refractivity contribution is -0.150. The lowest BCUT2D eigenvalue weighted by Crippen LogP contribution is -2.52. The summed E-state index contributed by atoms with van der Waals surface area (Å²) < 4.78 is 7.71. The molecule has 1 atom stereocenters. The molecular weight excluding hydrogens is 394 g/mol. The van der Waals surface area contributed by atoms with Crippen molar-refractivity contribution in [2.24, 2.45) is 11.8 Å². The van der Waals surface area contributed by atoms with Crippen molar-refractivity contribution in [2.75, 3.05) is 45.9 Å². The topological polar surface area (TPSA) is 79.7 Å². The summed E-state index contributed by atoms with van der Waals surface area (Å²) in [5.74, 6) is 2.61. The van der Waals surface area contributed by atoms with Crippen LogP contribution in [0.5, 0.6) is 0 Å². The molecule has 1 unspecified atom stereocenters. The molecule has 0 spiro atoms. The molecule has 1 saturated carbocycles. The van der Waals surface area contributed by atoms with Gasteiger partial charge in [0.1, 0.15) is 12.4 Å². The Morgan fingerprint density at radius 1 is 1.19 bits per heavy atom. The molecule has 2 aliphatic heterocycles. The molecule has 4 rings (SSSR count). The van der Waals surface area contributed by atoms with Crippen molar-refractivity contribution < 1.29 is 14.3 Å². The average Bonchev–Trinajstić information content (AvgIpc) is 3.47. The first-order valence-corrected chi connectivity index (χ1v) is 12.0. The Hall–Kier alpha value is -1.93. The van der Waals surface area contributed by atoms with Gasteiger partial charge in [-0.1, -0.05) is 6.92 Å². The number of hydrogen-bond acceptors (Lipinski definition) is 5. The Kier molecular flexibility index (Phi) is 7.61. The smallest absolute Gasteiger partial charge is 0.248 e. The number of morpholine rings is 1. The predicted octanol–water partition coefficient (Wildman–Crippen LogP) is 1.30. The number of rotatable bonds is 10. The zero-order chi connectivity index (χ0) is 21.6. The molecule has 1 aliphatic carbocycles. The lowest BCUT2D eigenvalue weighted by Gasteiger charge is -2.38. The molecule has 1 aromatic heterocycles. The first-order valence-electron chi connectivity index (χ1n) is 12.0. The van der Waals surface area contributed by atoms with E-state index >= 15 is 0 Å². The number of nitrogens with zero attached hydrogens (tertiary/aromatic N) is 4. The average molecular weight is 432 g/mol. The summed E-state index contributed by atoms with van der Waals surface area (Å²) in [6.07, 6.45) is 9.99. The van der Waals surface area contributed by atoms with Crippen molar-refractivity contribution >= 4 is 11.8 Å². The molecule has 3 fully saturated rings. The van der Waals surface area contributed by atoms with Crippen LogP contribution >= 0.6 is 0 Å².